The van der Waals surface area contributed by atoms with Crippen molar-refractivity contribution in [1.82, 2.24) is 5.32 Å². The molecule has 1 aromatic heterocycles. The summed E-state index contributed by atoms with van der Waals surface area (Å²) in [5, 5.41) is 13.3. The first-order valence-corrected chi connectivity index (χ1v) is 7.64. The second kappa shape index (κ2) is 8.60. The van der Waals surface area contributed by atoms with Crippen LogP contribution in [0, 0.1) is 0 Å². The van der Waals surface area contributed by atoms with E-state index in [0.29, 0.717) is 0 Å². The van der Waals surface area contributed by atoms with Crippen LogP contribution in [0.1, 0.15) is 12.8 Å². The summed E-state index contributed by atoms with van der Waals surface area (Å²) >= 11 is 2.85. The molecule has 110 valence electrons. The van der Waals surface area contributed by atoms with Crippen LogP contribution in [0.2, 0.25) is 0 Å². The molecule has 0 aromatic carbocycles. The summed E-state index contributed by atoms with van der Waals surface area (Å²) in [4.78, 5) is 33.6. The third-order valence-electron chi connectivity index (χ3n) is 2.34. The van der Waals surface area contributed by atoms with Gasteiger partial charge in [0.25, 0.3) is 0 Å². The summed E-state index contributed by atoms with van der Waals surface area (Å²) in [6.07, 6.45) is -0.0385. The molecule has 0 bridgehead atoms. The molecule has 0 saturated heterocycles. The van der Waals surface area contributed by atoms with Crippen molar-refractivity contribution in [2.75, 3.05) is 12.9 Å². The lowest BCUT2D eigenvalue weighted by atomic mass is 10.1. The van der Waals surface area contributed by atoms with Crippen LogP contribution in [0.3, 0.4) is 0 Å². The molecule has 0 fully saturated rings. The Bertz CT molecular complexity index is 460. The molecule has 1 amide bonds. The van der Waals surface area contributed by atoms with Gasteiger partial charge in [-0.1, -0.05) is 6.07 Å². The molecule has 0 aliphatic rings. The smallest absolute Gasteiger partial charge is 0.326 e. The van der Waals surface area contributed by atoms with Gasteiger partial charge in [-0.3, -0.25) is 9.59 Å². The van der Waals surface area contributed by atoms with Crippen LogP contribution < -0.4 is 5.32 Å². The predicted molar refractivity (Wildman–Crippen MR) is 75.9 cm³/mol. The maximum absolute atomic E-state index is 11.7. The van der Waals surface area contributed by atoms with Gasteiger partial charge in [0.1, 0.15) is 6.04 Å². The molecule has 2 N–H and O–H groups in total. The molecule has 6 nitrogen and oxygen atoms in total. The summed E-state index contributed by atoms with van der Waals surface area (Å²) in [6, 6.07) is 2.68. The number of hydrogen-bond donors (Lipinski definition) is 2. The Labute approximate surface area is 124 Å². The van der Waals surface area contributed by atoms with Crippen molar-refractivity contribution in [3.63, 3.8) is 0 Å². The Hall–Kier alpha value is -1.54. The number of hydrogen-bond acceptors (Lipinski definition) is 6. The summed E-state index contributed by atoms with van der Waals surface area (Å²) in [5.41, 5.74) is 0. The lowest BCUT2D eigenvalue weighted by Crippen LogP contribution is -2.42. The average molecular weight is 317 g/mol. The van der Waals surface area contributed by atoms with Crippen molar-refractivity contribution in [3.05, 3.63) is 17.5 Å². The van der Waals surface area contributed by atoms with Crippen LogP contribution in [0.5, 0.6) is 0 Å². The van der Waals surface area contributed by atoms with E-state index in [1.807, 2.05) is 17.5 Å². The largest absolute Gasteiger partial charge is 0.480 e. The topological polar surface area (TPSA) is 92.7 Å². The summed E-state index contributed by atoms with van der Waals surface area (Å²) < 4.78 is 5.42. The van der Waals surface area contributed by atoms with Crippen molar-refractivity contribution < 1.29 is 24.2 Å². The molecule has 1 aromatic rings. The quantitative estimate of drug-likeness (QED) is 0.555. The highest BCUT2D eigenvalue weighted by Gasteiger charge is 2.21. The van der Waals surface area contributed by atoms with Crippen molar-refractivity contribution in [3.8, 4) is 0 Å². The zero-order valence-corrected chi connectivity index (χ0v) is 12.5. The van der Waals surface area contributed by atoms with Gasteiger partial charge in [0.15, 0.2) is 0 Å². The Kier molecular flexibility index (Phi) is 7.10. The molecule has 20 heavy (non-hydrogen) atoms. The van der Waals surface area contributed by atoms with Gasteiger partial charge in [0.05, 0.1) is 17.1 Å². The number of rotatable bonds is 8. The van der Waals surface area contributed by atoms with E-state index in [4.69, 9.17) is 5.11 Å². The van der Waals surface area contributed by atoms with Gasteiger partial charge in [-0.2, -0.15) is 0 Å². The minimum Gasteiger partial charge on any atom is -0.480 e. The molecule has 0 aliphatic carbocycles. The number of thioether (sulfide) groups is 1. The standard InChI is InChI=1S/C12H15NO5S2/c1-18-10(15)5-4-8(12(16)17)13-9(14)7-20-11-3-2-6-19-11/h2-3,6,8H,4-5,7H2,1H3,(H,13,14)(H,16,17). The van der Waals surface area contributed by atoms with E-state index in [1.165, 1.54) is 30.2 Å². The molecular formula is C12H15NO5S2. The van der Waals surface area contributed by atoms with Crippen molar-refractivity contribution in [1.29, 1.82) is 0 Å². The lowest BCUT2D eigenvalue weighted by molar-refractivity contribution is -0.143. The van der Waals surface area contributed by atoms with E-state index in [-0.39, 0.29) is 24.5 Å². The summed E-state index contributed by atoms with van der Waals surface area (Å²) in [5.74, 6) is -1.90. The maximum Gasteiger partial charge on any atom is 0.326 e. The zero-order valence-electron chi connectivity index (χ0n) is 10.8. The second-order valence-electron chi connectivity index (χ2n) is 3.79. The van der Waals surface area contributed by atoms with E-state index in [0.717, 1.165) is 4.21 Å². The highest BCUT2D eigenvalue weighted by Crippen LogP contribution is 2.22. The minimum absolute atomic E-state index is 0.0113. The SMILES string of the molecule is COC(=O)CCC(NC(=O)CSc1cccs1)C(=O)O. The van der Waals surface area contributed by atoms with E-state index in [2.05, 4.69) is 10.1 Å². The Balaban J connectivity index is 2.38. The van der Waals surface area contributed by atoms with Crippen LogP contribution >= 0.6 is 23.1 Å². The van der Waals surface area contributed by atoms with Gasteiger partial charge in [-0.25, -0.2) is 4.79 Å². The maximum atomic E-state index is 11.7. The van der Waals surface area contributed by atoms with Gasteiger partial charge >= 0.3 is 11.9 Å². The number of methoxy groups -OCH3 is 1. The number of amides is 1. The van der Waals surface area contributed by atoms with Crippen LogP contribution in [-0.2, 0) is 19.1 Å². The van der Waals surface area contributed by atoms with Crippen molar-refractivity contribution in [2.24, 2.45) is 0 Å². The molecule has 0 spiro atoms. The van der Waals surface area contributed by atoms with Crippen LogP contribution in [0.4, 0.5) is 0 Å². The summed E-state index contributed by atoms with van der Waals surface area (Å²) in [7, 11) is 1.23. The molecule has 8 heteroatoms. The molecule has 0 radical (unpaired) electrons. The van der Waals surface area contributed by atoms with Crippen LogP contribution in [0.25, 0.3) is 0 Å². The molecule has 1 unspecified atom stereocenters. The molecule has 1 rings (SSSR count). The summed E-state index contributed by atoms with van der Waals surface area (Å²) in [6.45, 7) is 0. The van der Waals surface area contributed by atoms with E-state index >= 15 is 0 Å². The van der Waals surface area contributed by atoms with Crippen molar-refractivity contribution >= 4 is 40.9 Å². The van der Waals surface area contributed by atoms with Crippen LogP contribution in [-0.4, -0.2) is 41.9 Å². The third-order valence-corrected chi connectivity index (χ3v) is 4.47. The van der Waals surface area contributed by atoms with E-state index in [9.17, 15) is 14.4 Å². The third kappa shape index (κ3) is 6.07. The zero-order chi connectivity index (χ0) is 15.0. The van der Waals surface area contributed by atoms with Gasteiger partial charge < -0.3 is 15.2 Å². The predicted octanol–water partition coefficient (Wildman–Crippen LogP) is 1.36. The first-order chi connectivity index (χ1) is 9.52. The molecule has 1 atom stereocenters. The normalized spacial score (nSPS) is 11.7. The molecule has 1 heterocycles. The van der Waals surface area contributed by atoms with Gasteiger partial charge in [0.2, 0.25) is 5.91 Å². The number of aliphatic carboxylic acids is 1. The van der Waals surface area contributed by atoms with Crippen LogP contribution in [0.15, 0.2) is 21.7 Å². The number of thiophene rings is 1. The first-order valence-electron chi connectivity index (χ1n) is 5.78. The Morgan fingerprint density at radius 1 is 1.50 bits per heavy atom. The Morgan fingerprint density at radius 3 is 2.80 bits per heavy atom. The number of nitrogens with one attached hydrogen (secondary N) is 1. The fourth-order valence-electron chi connectivity index (χ4n) is 1.34. The van der Waals surface area contributed by atoms with Gasteiger partial charge in [0, 0.05) is 6.42 Å². The molecule has 0 saturated carbocycles. The molecule has 0 aliphatic heterocycles. The van der Waals surface area contributed by atoms with Crippen molar-refractivity contribution in [2.45, 2.75) is 23.1 Å². The van der Waals surface area contributed by atoms with E-state index < -0.39 is 18.0 Å². The fraction of sp³-hybridized carbons (Fsp3) is 0.417. The van der Waals surface area contributed by atoms with E-state index in [1.54, 1.807) is 0 Å². The Morgan fingerprint density at radius 2 is 2.25 bits per heavy atom. The lowest BCUT2D eigenvalue weighted by Gasteiger charge is -2.13. The first kappa shape index (κ1) is 16.5. The monoisotopic (exact) mass is 317 g/mol. The molecular weight excluding hydrogens is 302 g/mol. The number of ether oxygens (including phenoxy) is 1. The number of carbonyl (C=O) groups excluding carboxylic acids is 2. The van der Waals surface area contributed by atoms with Gasteiger partial charge in [-0.15, -0.1) is 23.1 Å². The average Bonchev–Trinajstić information content (AvgIpc) is 2.93. The second-order valence-corrected chi connectivity index (χ2v) is 6.02. The van der Waals surface area contributed by atoms with Gasteiger partial charge in [-0.05, 0) is 17.9 Å². The number of esters is 1. The highest BCUT2D eigenvalue weighted by molar-refractivity contribution is 8.01. The number of carbonyl (C=O) groups is 3. The highest BCUT2D eigenvalue weighted by atomic mass is 32.2. The fourth-order valence-corrected chi connectivity index (χ4v) is 2.94. The minimum atomic E-state index is -1.16. The number of carboxylic acids is 1. The number of carboxylic acid groups (broad SMARTS) is 1.